The minimum Gasteiger partial charge on any atom is -0.286 e. The van der Waals surface area contributed by atoms with E-state index >= 15 is 0 Å². The molecule has 23 heavy (non-hydrogen) atoms. The van der Waals surface area contributed by atoms with Gasteiger partial charge in [0.15, 0.2) is 5.01 Å². The Bertz CT molecular complexity index is 836. The fraction of sp³-hybridized carbons (Fsp3) is 0.125. The summed E-state index contributed by atoms with van der Waals surface area (Å²) in [7, 11) is 0. The average molecular weight is 357 g/mol. The van der Waals surface area contributed by atoms with Gasteiger partial charge in [0.1, 0.15) is 10.4 Å². The summed E-state index contributed by atoms with van der Waals surface area (Å²) in [6, 6.07) is 11.6. The number of rotatable bonds is 3. The highest BCUT2D eigenvalue weighted by Crippen LogP contribution is 2.37. The molecular formula is C16H11N3OS3. The van der Waals surface area contributed by atoms with Gasteiger partial charge in [-0.2, -0.15) is 5.26 Å². The molecule has 114 valence electrons. The van der Waals surface area contributed by atoms with Gasteiger partial charge >= 0.3 is 0 Å². The third kappa shape index (κ3) is 3.20. The lowest BCUT2D eigenvalue weighted by Gasteiger charge is -2.23. The van der Waals surface area contributed by atoms with Crippen molar-refractivity contribution in [3.63, 3.8) is 0 Å². The van der Waals surface area contributed by atoms with Gasteiger partial charge in [-0.1, -0.05) is 54.3 Å². The van der Waals surface area contributed by atoms with Crippen molar-refractivity contribution in [3.8, 4) is 6.07 Å². The molecule has 1 aliphatic heterocycles. The molecule has 1 saturated heterocycles. The van der Waals surface area contributed by atoms with Gasteiger partial charge in [0.25, 0.3) is 5.91 Å². The van der Waals surface area contributed by atoms with Crippen LogP contribution in [0.1, 0.15) is 29.2 Å². The summed E-state index contributed by atoms with van der Waals surface area (Å²) in [4.78, 5) is 19.0. The lowest BCUT2D eigenvalue weighted by molar-refractivity contribution is -0.123. The molecule has 1 aliphatic rings. The second-order valence-electron chi connectivity index (χ2n) is 4.83. The van der Waals surface area contributed by atoms with Crippen molar-refractivity contribution < 1.29 is 4.79 Å². The Labute approximate surface area is 147 Å². The zero-order chi connectivity index (χ0) is 16.4. The second kappa shape index (κ2) is 6.62. The van der Waals surface area contributed by atoms with Crippen molar-refractivity contribution >= 4 is 51.6 Å². The van der Waals surface area contributed by atoms with E-state index in [1.54, 1.807) is 16.4 Å². The number of nitriles is 1. The molecule has 0 saturated carbocycles. The van der Waals surface area contributed by atoms with Crippen LogP contribution in [0.25, 0.3) is 6.08 Å². The number of nitrogens with zero attached hydrogens (tertiary/aromatic N) is 3. The summed E-state index contributed by atoms with van der Waals surface area (Å²) in [6.07, 6.45) is 1.69. The van der Waals surface area contributed by atoms with Crippen LogP contribution < -0.4 is 0 Å². The standard InChI is InChI=1S/C16H11N3OS3/c1-10(11-5-3-2-4-6-11)19-15(20)13(23-16(19)21)7-12-9-22-14(8-17)18-12/h2-7,9-10H,1H3/b13-7-. The fourth-order valence-corrected chi connectivity index (χ4v) is 4.20. The molecule has 1 fully saturated rings. The number of benzene rings is 1. The summed E-state index contributed by atoms with van der Waals surface area (Å²) < 4.78 is 0.535. The summed E-state index contributed by atoms with van der Waals surface area (Å²) >= 11 is 7.89. The molecule has 0 bridgehead atoms. The minimum absolute atomic E-state index is 0.122. The van der Waals surface area contributed by atoms with Gasteiger partial charge in [-0.25, -0.2) is 4.98 Å². The maximum Gasteiger partial charge on any atom is 0.266 e. The Morgan fingerprint density at radius 1 is 1.39 bits per heavy atom. The van der Waals surface area contributed by atoms with Crippen LogP contribution in [0.2, 0.25) is 0 Å². The Morgan fingerprint density at radius 3 is 2.78 bits per heavy atom. The molecule has 1 amide bonds. The molecule has 7 heteroatoms. The quantitative estimate of drug-likeness (QED) is 0.614. The summed E-state index contributed by atoms with van der Waals surface area (Å²) in [5, 5.41) is 11.0. The molecule has 0 spiro atoms. The van der Waals surface area contributed by atoms with Crippen LogP contribution in [0, 0.1) is 11.3 Å². The molecule has 3 rings (SSSR count). The fourth-order valence-electron chi connectivity index (χ4n) is 2.23. The first-order valence-corrected chi connectivity index (χ1v) is 8.88. The second-order valence-corrected chi connectivity index (χ2v) is 7.36. The largest absolute Gasteiger partial charge is 0.286 e. The highest BCUT2D eigenvalue weighted by Gasteiger charge is 2.36. The lowest BCUT2D eigenvalue weighted by atomic mass is 10.1. The Hall–Kier alpha value is -2.01. The molecule has 1 atom stereocenters. The van der Waals surface area contributed by atoms with Gasteiger partial charge in [0.2, 0.25) is 0 Å². The van der Waals surface area contributed by atoms with Gasteiger partial charge in [-0.05, 0) is 18.6 Å². The lowest BCUT2D eigenvalue weighted by Crippen LogP contribution is -2.30. The van der Waals surface area contributed by atoms with Crippen LogP contribution in [0.15, 0.2) is 40.6 Å². The smallest absolute Gasteiger partial charge is 0.266 e. The molecule has 2 aromatic rings. The van der Waals surface area contributed by atoms with Crippen molar-refractivity contribution in [2.45, 2.75) is 13.0 Å². The predicted molar refractivity (Wildman–Crippen MR) is 96.7 cm³/mol. The zero-order valence-corrected chi connectivity index (χ0v) is 14.5. The Kier molecular flexibility index (Phi) is 4.57. The number of hydrogen-bond donors (Lipinski definition) is 0. The SMILES string of the molecule is CC(c1ccccc1)N1C(=O)/C(=C/c2csc(C#N)n2)SC1=S. The highest BCUT2D eigenvalue weighted by atomic mass is 32.2. The van der Waals surface area contributed by atoms with Gasteiger partial charge in [-0.3, -0.25) is 9.69 Å². The molecule has 0 radical (unpaired) electrons. The van der Waals surface area contributed by atoms with Crippen molar-refractivity contribution in [2.24, 2.45) is 0 Å². The number of carbonyl (C=O) groups is 1. The van der Waals surface area contributed by atoms with Crippen molar-refractivity contribution in [1.29, 1.82) is 5.26 Å². The van der Waals surface area contributed by atoms with Gasteiger partial charge in [0.05, 0.1) is 16.6 Å². The number of thiazole rings is 1. The van der Waals surface area contributed by atoms with Gasteiger partial charge in [-0.15, -0.1) is 11.3 Å². The topological polar surface area (TPSA) is 57.0 Å². The maximum atomic E-state index is 12.7. The zero-order valence-electron chi connectivity index (χ0n) is 12.1. The van der Waals surface area contributed by atoms with Crippen LogP contribution in [-0.2, 0) is 4.79 Å². The van der Waals surface area contributed by atoms with E-state index in [9.17, 15) is 4.79 Å². The van der Waals surface area contributed by atoms with Crippen molar-refractivity contribution in [3.05, 3.63) is 56.9 Å². The summed E-state index contributed by atoms with van der Waals surface area (Å²) in [6.45, 7) is 1.96. The number of aromatic nitrogens is 1. The molecule has 1 aromatic carbocycles. The van der Waals surface area contributed by atoms with Crippen LogP contribution in [0.5, 0.6) is 0 Å². The predicted octanol–water partition coefficient (Wildman–Crippen LogP) is 3.98. The first-order valence-electron chi connectivity index (χ1n) is 6.78. The first-order chi connectivity index (χ1) is 11.1. The molecule has 1 aromatic heterocycles. The van der Waals surface area contributed by atoms with Crippen molar-refractivity contribution in [2.75, 3.05) is 0 Å². The number of hydrogen-bond acceptors (Lipinski definition) is 6. The van der Waals surface area contributed by atoms with E-state index in [2.05, 4.69) is 4.98 Å². The highest BCUT2D eigenvalue weighted by molar-refractivity contribution is 8.26. The molecule has 0 N–H and O–H groups in total. The maximum absolute atomic E-state index is 12.7. The molecule has 4 nitrogen and oxygen atoms in total. The third-order valence-electron chi connectivity index (χ3n) is 3.39. The van der Waals surface area contributed by atoms with E-state index in [0.717, 1.165) is 5.56 Å². The molecule has 1 unspecified atom stereocenters. The number of amides is 1. The van der Waals surface area contributed by atoms with Crippen LogP contribution >= 0.6 is 35.3 Å². The molecule has 0 aliphatic carbocycles. The average Bonchev–Trinajstić information content (AvgIpc) is 3.13. The van der Waals surface area contributed by atoms with Gasteiger partial charge in [0, 0.05) is 5.38 Å². The first kappa shape index (κ1) is 15.9. The van der Waals surface area contributed by atoms with E-state index < -0.39 is 0 Å². The normalized spacial score (nSPS) is 17.6. The van der Waals surface area contributed by atoms with E-state index in [1.807, 2.05) is 43.3 Å². The van der Waals surface area contributed by atoms with Crippen LogP contribution in [0.3, 0.4) is 0 Å². The Morgan fingerprint density at radius 2 is 2.13 bits per heavy atom. The van der Waals surface area contributed by atoms with E-state index in [0.29, 0.717) is 19.9 Å². The number of carbonyl (C=O) groups excluding carboxylic acids is 1. The number of thioether (sulfide) groups is 1. The third-order valence-corrected chi connectivity index (χ3v) is 5.48. The number of thiocarbonyl (C=S) groups is 1. The van der Waals surface area contributed by atoms with E-state index in [1.165, 1.54) is 23.1 Å². The van der Waals surface area contributed by atoms with E-state index in [4.69, 9.17) is 17.5 Å². The summed E-state index contributed by atoms with van der Waals surface area (Å²) in [5.41, 5.74) is 1.64. The minimum atomic E-state index is -0.125. The molecular weight excluding hydrogens is 346 g/mol. The molecule has 2 heterocycles. The van der Waals surface area contributed by atoms with Crippen LogP contribution in [-0.4, -0.2) is 20.1 Å². The van der Waals surface area contributed by atoms with Crippen LogP contribution in [0.4, 0.5) is 0 Å². The van der Waals surface area contributed by atoms with Crippen molar-refractivity contribution in [1.82, 2.24) is 9.88 Å². The summed E-state index contributed by atoms with van der Waals surface area (Å²) in [5.74, 6) is -0.122. The van der Waals surface area contributed by atoms with E-state index in [-0.39, 0.29) is 11.9 Å². The Balaban J connectivity index is 1.87. The monoisotopic (exact) mass is 357 g/mol. The van der Waals surface area contributed by atoms with Gasteiger partial charge < -0.3 is 0 Å².